The standard InChI is InChI=1S/C13H27N3O2/c1-14-6-4-3-5-11-18-13(17)12-16-9-7-15(2)8-10-16/h14H,3-12H2,1-2H3. The van der Waals surface area contributed by atoms with Gasteiger partial charge in [-0.05, 0) is 39.9 Å². The number of hydrogen-bond acceptors (Lipinski definition) is 5. The lowest BCUT2D eigenvalue weighted by molar-refractivity contribution is -0.145. The van der Waals surface area contributed by atoms with E-state index in [1.807, 2.05) is 7.05 Å². The monoisotopic (exact) mass is 257 g/mol. The first-order valence-corrected chi connectivity index (χ1v) is 6.93. The van der Waals surface area contributed by atoms with E-state index in [0.29, 0.717) is 13.2 Å². The highest BCUT2D eigenvalue weighted by Gasteiger charge is 2.16. The Balaban J connectivity index is 1.97. The van der Waals surface area contributed by atoms with Crippen LogP contribution in [0, 0.1) is 0 Å². The van der Waals surface area contributed by atoms with Gasteiger partial charge in [-0.1, -0.05) is 0 Å². The summed E-state index contributed by atoms with van der Waals surface area (Å²) in [7, 11) is 4.07. The number of nitrogens with one attached hydrogen (secondary N) is 1. The van der Waals surface area contributed by atoms with Gasteiger partial charge in [0.15, 0.2) is 0 Å². The molecule has 0 atom stereocenters. The summed E-state index contributed by atoms with van der Waals surface area (Å²) in [6.45, 7) is 6.06. The van der Waals surface area contributed by atoms with Gasteiger partial charge in [-0.2, -0.15) is 0 Å². The van der Waals surface area contributed by atoms with E-state index in [2.05, 4.69) is 22.2 Å². The first-order chi connectivity index (χ1) is 8.72. The fourth-order valence-corrected chi connectivity index (χ4v) is 2.00. The number of esters is 1. The summed E-state index contributed by atoms with van der Waals surface area (Å²) in [5.41, 5.74) is 0. The molecule has 1 aliphatic heterocycles. The van der Waals surface area contributed by atoms with Gasteiger partial charge in [0, 0.05) is 26.2 Å². The lowest BCUT2D eigenvalue weighted by Gasteiger charge is -2.31. The zero-order valence-corrected chi connectivity index (χ0v) is 11.8. The highest BCUT2D eigenvalue weighted by molar-refractivity contribution is 5.71. The first-order valence-electron chi connectivity index (χ1n) is 6.93. The van der Waals surface area contributed by atoms with Gasteiger partial charge >= 0.3 is 5.97 Å². The van der Waals surface area contributed by atoms with Crippen LogP contribution in [-0.4, -0.2) is 75.7 Å². The summed E-state index contributed by atoms with van der Waals surface area (Å²) in [6, 6.07) is 0. The number of unbranched alkanes of at least 4 members (excludes halogenated alkanes) is 2. The molecule has 0 amide bonds. The van der Waals surface area contributed by atoms with Gasteiger partial charge in [0.05, 0.1) is 13.2 Å². The molecule has 0 bridgehead atoms. The molecule has 5 nitrogen and oxygen atoms in total. The second-order valence-electron chi connectivity index (χ2n) is 4.96. The Bertz CT molecular complexity index is 228. The Kier molecular flexibility index (Phi) is 7.96. The van der Waals surface area contributed by atoms with E-state index in [1.54, 1.807) is 0 Å². The predicted octanol–water partition coefficient (Wildman–Crippen LogP) is 0.167. The van der Waals surface area contributed by atoms with Crippen molar-refractivity contribution in [2.24, 2.45) is 0 Å². The molecule has 0 aromatic heterocycles. The topological polar surface area (TPSA) is 44.8 Å². The van der Waals surface area contributed by atoms with E-state index in [-0.39, 0.29) is 5.97 Å². The minimum atomic E-state index is -0.0758. The van der Waals surface area contributed by atoms with Crippen molar-refractivity contribution < 1.29 is 9.53 Å². The average molecular weight is 257 g/mol. The van der Waals surface area contributed by atoms with Crippen LogP contribution in [0.1, 0.15) is 19.3 Å². The van der Waals surface area contributed by atoms with Gasteiger partial charge in [-0.3, -0.25) is 9.69 Å². The molecule has 1 saturated heterocycles. The summed E-state index contributed by atoms with van der Waals surface area (Å²) in [4.78, 5) is 16.0. The Morgan fingerprint density at radius 1 is 1.17 bits per heavy atom. The maximum absolute atomic E-state index is 11.6. The van der Waals surface area contributed by atoms with Crippen LogP contribution < -0.4 is 5.32 Å². The molecule has 0 radical (unpaired) electrons. The molecule has 0 aromatic carbocycles. The van der Waals surface area contributed by atoms with Crippen molar-refractivity contribution in [1.82, 2.24) is 15.1 Å². The van der Waals surface area contributed by atoms with Crippen molar-refractivity contribution in [2.45, 2.75) is 19.3 Å². The lowest BCUT2D eigenvalue weighted by atomic mass is 10.2. The third kappa shape index (κ3) is 6.93. The minimum Gasteiger partial charge on any atom is -0.465 e. The highest BCUT2D eigenvalue weighted by atomic mass is 16.5. The molecule has 1 aliphatic rings. The molecule has 0 aromatic rings. The third-order valence-corrected chi connectivity index (χ3v) is 3.28. The van der Waals surface area contributed by atoms with E-state index in [9.17, 15) is 4.79 Å². The summed E-state index contributed by atoms with van der Waals surface area (Å²) < 4.78 is 5.24. The quantitative estimate of drug-likeness (QED) is 0.496. The van der Waals surface area contributed by atoms with Gasteiger partial charge < -0.3 is 15.0 Å². The normalized spacial score (nSPS) is 17.9. The number of ether oxygens (including phenoxy) is 1. The van der Waals surface area contributed by atoms with Crippen molar-refractivity contribution >= 4 is 5.97 Å². The second-order valence-corrected chi connectivity index (χ2v) is 4.96. The summed E-state index contributed by atoms with van der Waals surface area (Å²) in [5.74, 6) is -0.0758. The number of carbonyl (C=O) groups excluding carboxylic acids is 1. The van der Waals surface area contributed by atoms with Crippen molar-refractivity contribution in [3.63, 3.8) is 0 Å². The van der Waals surface area contributed by atoms with Crippen LogP contribution in [0.15, 0.2) is 0 Å². The van der Waals surface area contributed by atoms with Gasteiger partial charge in [0.25, 0.3) is 0 Å². The molecule has 0 saturated carbocycles. The van der Waals surface area contributed by atoms with Crippen LogP contribution in [0.5, 0.6) is 0 Å². The Morgan fingerprint density at radius 3 is 2.56 bits per heavy atom. The number of likely N-dealkylation sites (N-methyl/N-ethyl adjacent to an activating group) is 1. The van der Waals surface area contributed by atoms with Crippen LogP contribution in [-0.2, 0) is 9.53 Å². The van der Waals surface area contributed by atoms with Crippen LogP contribution in [0.3, 0.4) is 0 Å². The van der Waals surface area contributed by atoms with Crippen molar-refractivity contribution in [1.29, 1.82) is 0 Å². The number of nitrogens with zero attached hydrogens (tertiary/aromatic N) is 2. The van der Waals surface area contributed by atoms with Gasteiger partial charge in [-0.25, -0.2) is 0 Å². The Labute approximate surface area is 110 Å². The van der Waals surface area contributed by atoms with Crippen LogP contribution >= 0.6 is 0 Å². The van der Waals surface area contributed by atoms with E-state index in [0.717, 1.165) is 52.0 Å². The summed E-state index contributed by atoms with van der Waals surface area (Å²) in [5, 5.41) is 3.11. The Hall–Kier alpha value is -0.650. The van der Waals surface area contributed by atoms with Crippen LogP contribution in [0.25, 0.3) is 0 Å². The molecule has 1 rings (SSSR count). The molecule has 1 N–H and O–H groups in total. The van der Waals surface area contributed by atoms with Gasteiger partial charge in [0.2, 0.25) is 0 Å². The molecular formula is C13H27N3O2. The molecule has 0 spiro atoms. The molecule has 1 heterocycles. The molecular weight excluding hydrogens is 230 g/mol. The van der Waals surface area contributed by atoms with Gasteiger partial charge in [0.1, 0.15) is 0 Å². The van der Waals surface area contributed by atoms with Crippen molar-refractivity contribution in [3.05, 3.63) is 0 Å². The lowest BCUT2D eigenvalue weighted by Crippen LogP contribution is -2.46. The van der Waals surface area contributed by atoms with Crippen LogP contribution in [0.4, 0.5) is 0 Å². The summed E-state index contributed by atoms with van der Waals surface area (Å²) >= 11 is 0. The zero-order valence-electron chi connectivity index (χ0n) is 11.8. The molecule has 0 aliphatic carbocycles. The van der Waals surface area contributed by atoms with Crippen LogP contribution in [0.2, 0.25) is 0 Å². The van der Waals surface area contributed by atoms with Crippen molar-refractivity contribution in [2.75, 3.05) is 60.0 Å². The van der Waals surface area contributed by atoms with E-state index in [1.165, 1.54) is 0 Å². The summed E-state index contributed by atoms with van der Waals surface area (Å²) in [6.07, 6.45) is 3.23. The molecule has 1 fully saturated rings. The largest absolute Gasteiger partial charge is 0.465 e. The molecule has 18 heavy (non-hydrogen) atoms. The second kappa shape index (κ2) is 9.30. The number of carbonyl (C=O) groups is 1. The predicted molar refractivity (Wildman–Crippen MR) is 72.7 cm³/mol. The Morgan fingerprint density at radius 2 is 1.89 bits per heavy atom. The maximum Gasteiger partial charge on any atom is 0.320 e. The van der Waals surface area contributed by atoms with Gasteiger partial charge in [-0.15, -0.1) is 0 Å². The maximum atomic E-state index is 11.6. The SMILES string of the molecule is CNCCCCCOC(=O)CN1CCN(C)CC1. The minimum absolute atomic E-state index is 0.0758. The number of hydrogen-bond donors (Lipinski definition) is 1. The average Bonchev–Trinajstić information content (AvgIpc) is 2.36. The fourth-order valence-electron chi connectivity index (χ4n) is 2.00. The molecule has 0 unspecified atom stereocenters. The van der Waals surface area contributed by atoms with Crippen molar-refractivity contribution in [3.8, 4) is 0 Å². The van der Waals surface area contributed by atoms with E-state index < -0.39 is 0 Å². The number of piperazine rings is 1. The number of rotatable bonds is 8. The van der Waals surface area contributed by atoms with E-state index >= 15 is 0 Å². The highest BCUT2D eigenvalue weighted by Crippen LogP contribution is 2.00. The van der Waals surface area contributed by atoms with E-state index in [4.69, 9.17) is 4.74 Å². The zero-order chi connectivity index (χ0) is 13.2. The first kappa shape index (κ1) is 15.4. The molecule has 106 valence electrons. The third-order valence-electron chi connectivity index (χ3n) is 3.28. The fraction of sp³-hybridized carbons (Fsp3) is 0.923. The molecule has 5 heteroatoms. The smallest absolute Gasteiger partial charge is 0.320 e.